The molecule has 3 aliphatic rings. The Hall–Kier alpha value is -2.78. The van der Waals surface area contributed by atoms with Gasteiger partial charge in [0.15, 0.2) is 5.69 Å². The van der Waals surface area contributed by atoms with Crippen LogP contribution in [-0.4, -0.2) is 77.3 Å². The predicted octanol–water partition coefficient (Wildman–Crippen LogP) is 2.24. The monoisotopic (exact) mass is 468 g/mol. The third-order valence-electron chi connectivity index (χ3n) is 6.99. The molecule has 5 rings (SSSR count). The van der Waals surface area contributed by atoms with E-state index in [0.717, 1.165) is 68.6 Å². The van der Waals surface area contributed by atoms with Gasteiger partial charge in [0, 0.05) is 57.2 Å². The van der Waals surface area contributed by atoms with Crippen molar-refractivity contribution in [1.82, 2.24) is 19.9 Å². The van der Waals surface area contributed by atoms with E-state index in [1.165, 1.54) is 0 Å². The molecule has 0 N–H and O–H groups in total. The molecule has 9 heteroatoms. The third kappa shape index (κ3) is 5.31. The minimum absolute atomic E-state index is 0.0242. The van der Waals surface area contributed by atoms with E-state index in [0.29, 0.717) is 37.9 Å². The first kappa shape index (κ1) is 23.0. The average Bonchev–Trinajstić information content (AvgIpc) is 3.24. The lowest BCUT2D eigenvalue weighted by molar-refractivity contribution is -0.132. The SMILES string of the molecule is O=C1CN(C(=O)c2noc3c2CCCC3)C[C@H](OCc2cccnc2)CN1CC1CCOCC1. The summed E-state index contributed by atoms with van der Waals surface area (Å²) in [7, 11) is 0. The molecular formula is C25H32N4O5. The van der Waals surface area contributed by atoms with Gasteiger partial charge in [-0.1, -0.05) is 11.2 Å². The summed E-state index contributed by atoms with van der Waals surface area (Å²) >= 11 is 0. The van der Waals surface area contributed by atoms with Crippen LogP contribution in [0.4, 0.5) is 0 Å². The van der Waals surface area contributed by atoms with Crippen molar-refractivity contribution in [3.8, 4) is 0 Å². The van der Waals surface area contributed by atoms with E-state index in [4.69, 9.17) is 14.0 Å². The second-order valence-corrected chi connectivity index (χ2v) is 9.47. The number of fused-ring (bicyclic) bond motifs is 1. The van der Waals surface area contributed by atoms with Crippen LogP contribution in [0, 0.1) is 5.92 Å². The fourth-order valence-electron chi connectivity index (χ4n) is 5.06. The summed E-state index contributed by atoms with van der Waals surface area (Å²) in [5.74, 6) is 0.913. The van der Waals surface area contributed by atoms with Gasteiger partial charge in [0.2, 0.25) is 5.91 Å². The van der Waals surface area contributed by atoms with Crippen molar-refractivity contribution in [1.29, 1.82) is 0 Å². The van der Waals surface area contributed by atoms with Gasteiger partial charge < -0.3 is 23.8 Å². The maximum Gasteiger partial charge on any atom is 0.276 e. The molecule has 0 spiro atoms. The molecule has 2 amide bonds. The maximum atomic E-state index is 13.5. The number of nitrogens with zero attached hydrogens (tertiary/aromatic N) is 4. The molecule has 4 heterocycles. The molecule has 2 saturated heterocycles. The van der Waals surface area contributed by atoms with Gasteiger partial charge in [-0.15, -0.1) is 0 Å². The standard InChI is InChI=1S/C25H32N4O5/c30-23-16-29(25(31)24-21-5-1-2-6-22(21)34-27-24)15-20(33-17-19-4-3-9-26-12-19)14-28(23)13-18-7-10-32-11-8-18/h3-4,9,12,18,20H,1-2,5-8,10-11,13-17H2/t20-/m1/s1. The Morgan fingerprint density at radius 1 is 1.18 bits per heavy atom. The summed E-state index contributed by atoms with van der Waals surface area (Å²) in [6.45, 7) is 3.31. The topological polar surface area (TPSA) is 98.0 Å². The third-order valence-corrected chi connectivity index (χ3v) is 6.99. The van der Waals surface area contributed by atoms with Crippen LogP contribution in [-0.2, 0) is 33.7 Å². The smallest absolute Gasteiger partial charge is 0.276 e. The molecule has 0 unspecified atom stereocenters. The zero-order chi connectivity index (χ0) is 23.3. The summed E-state index contributed by atoms with van der Waals surface area (Å²) in [5, 5.41) is 4.11. The van der Waals surface area contributed by atoms with Crippen molar-refractivity contribution in [2.45, 2.75) is 51.2 Å². The number of hydrogen-bond acceptors (Lipinski definition) is 7. The van der Waals surface area contributed by atoms with Gasteiger partial charge in [0.1, 0.15) is 12.3 Å². The van der Waals surface area contributed by atoms with Crippen LogP contribution in [0.3, 0.4) is 0 Å². The average molecular weight is 469 g/mol. The number of aromatic nitrogens is 2. The van der Waals surface area contributed by atoms with Crippen LogP contribution < -0.4 is 0 Å². The Morgan fingerprint density at radius 2 is 2.03 bits per heavy atom. The lowest BCUT2D eigenvalue weighted by Gasteiger charge is -2.30. The van der Waals surface area contributed by atoms with E-state index in [1.54, 1.807) is 17.3 Å². The highest BCUT2D eigenvalue weighted by molar-refractivity contribution is 5.96. The molecule has 0 bridgehead atoms. The zero-order valence-electron chi connectivity index (χ0n) is 19.5. The summed E-state index contributed by atoms with van der Waals surface area (Å²) in [4.78, 5) is 34.4. The molecule has 9 nitrogen and oxygen atoms in total. The Balaban J connectivity index is 1.33. The van der Waals surface area contributed by atoms with Gasteiger partial charge in [0.05, 0.1) is 12.7 Å². The number of carbonyl (C=O) groups excluding carboxylic acids is 2. The van der Waals surface area contributed by atoms with Crippen molar-refractivity contribution < 1.29 is 23.6 Å². The van der Waals surface area contributed by atoms with Crippen LogP contribution in [0.15, 0.2) is 29.0 Å². The van der Waals surface area contributed by atoms with E-state index < -0.39 is 0 Å². The van der Waals surface area contributed by atoms with Crippen molar-refractivity contribution in [2.24, 2.45) is 5.92 Å². The highest BCUT2D eigenvalue weighted by Gasteiger charge is 2.35. The second kappa shape index (κ2) is 10.7. The maximum absolute atomic E-state index is 13.5. The molecular weight excluding hydrogens is 436 g/mol. The van der Waals surface area contributed by atoms with E-state index in [2.05, 4.69) is 10.1 Å². The van der Waals surface area contributed by atoms with E-state index >= 15 is 0 Å². The molecule has 34 heavy (non-hydrogen) atoms. The molecule has 2 aliphatic heterocycles. The fraction of sp³-hybridized carbons (Fsp3) is 0.600. The summed E-state index contributed by atoms with van der Waals surface area (Å²) < 4.78 is 17.2. The van der Waals surface area contributed by atoms with Crippen LogP contribution in [0.2, 0.25) is 0 Å². The van der Waals surface area contributed by atoms with E-state index in [1.807, 2.05) is 17.0 Å². The highest BCUT2D eigenvalue weighted by atomic mass is 16.5. The zero-order valence-corrected chi connectivity index (χ0v) is 19.5. The highest BCUT2D eigenvalue weighted by Crippen LogP contribution is 2.26. The first-order valence-corrected chi connectivity index (χ1v) is 12.3. The molecule has 1 atom stereocenters. The molecule has 2 fully saturated rings. The summed E-state index contributed by atoms with van der Waals surface area (Å²) in [6, 6.07) is 3.83. The predicted molar refractivity (Wildman–Crippen MR) is 122 cm³/mol. The summed E-state index contributed by atoms with van der Waals surface area (Å²) in [6.07, 6.45) is 8.74. The molecule has 0 aromatic carbocycles. The minimum Gasteiger partial charge on any atom is -0.381 e. The van der Waals surface area contributed by atoms with Crippen molar-refractivity contribution in [3.05, 3.63) is 47.1 Å². The van der Waals surface area contributed by atoms with Gasteiger partial charge in [-0.05, 0) is 49.7 Å². The second-order valence-electron chi connectivity index (χ2n) is 9.47. The van der Waals surface area contributed by atoms with Crippen LogP contribution in [0.25, 0.3) is 0 Å². The quantitative estimate of drug-likeness (QED) is 0.641. The van der Waals surface area contributed by atoms with E-state index in [-0.39, 0.29) is 24.5 Å². The number of carbonyl (C=O) groups is 2. The molecule has 2 aromatic rings. The van der Waals surface area contributed by atoms with Crippen LogP contribution >= 0.6 is 0 Å². The number of pyridine rings is 1. The number of rotatable bonds is 6. The largest absolute Gasteiger partial charge is 0.381 e. The van der Waals surface area contributed by atoms with Gasteiger partial charge >= 0.3 is 0 Å². The molecule has 0 saturated carbocycles. The molecule has 182 valence electrons. The number of hydrogen-bond donors (Lipinski definition) is 0. The number of amides is 2. The van der Waals surface area contributed by atoms with Gasteiger partial charge in [0.25, 0.3) is 5.91 Å². The van der Waals surface area contributed by atoms with Gasteiger partial charge in [-0.3, -0.25) is 14.6 Å². The molecule has 0 radical (unpaired) electrons. The number of ether oxygens (including phenoxy) is 2. The Morgan fingerprint density at radius 3 is 2.85 bits per heavy atom. The Kier molecular flexibility index (Phi) is 7.20. The number of aryl methyl sites for hydroxylation is 1. The first-order chi connectivity index (χ1) is 16.7. The van der Waals surface area contributed by atoms with Gasteiger partial charge in [-0.25, -0.2) is 0 Å². The fourth-order valence-corrected chi connectivity index (χ4v) is 5.06. The van der Waals surface area contributed by atoms with Crippen molar-refractivity contribution >= 4 is 11.8 Å². The lowest BCUT2D eigenvalue weighted by Crippen LogP contribution is -2.42. The normalized spacial score (nSPS) is 21.9. The summed E-state index contributed by atoms with van der Waals surface area (Å²) in [5.41, 5.74) is 2.21. The Bertz CT molecular complexity index is 988. The molecule has 1 aliphatic carbocycles. The van der Waals surface area contributed by atoms with Gasteiger partial charge in [-0.2, -0.15) is 0 Å². The van der Waals surface area contributed by atoms with Crippen molar-refractivity contribution in [2.75, 3.05) is 39.4 Å². The molecule has 2 aromatic heterocycles. The minimum atomic E-state index is -0.307. The Labute approximate surface area is 199 Å². The lowest BCUT2D eigenvalue weighted by atomic mass is 9.96. The first-order valence-electron chi connectivity index (χ1n) is 12.3. The van der Waals surface area contributed by atoms with Crippen LogP contribution in [0.5, 0.6) is 0 Å². The van der Waals surface area contributed by atoms with Crippen molar-refractivity contribution in [3.63, 3.8) is 0 Å². The van der Waals surface area contributed by atoms with E-state index in [9.17, 15) is 9.59 Å². The van der Waals surface area contributed by atoms with Crippen LogP contribution in [0.1, 0.15) is 53.1 Å².